The molecular weight excluding hydrogens is 290 g/mol. The molecule has 0 spiro atoms. The van der Waals surface area contributed by atoms with Gasteiger partial charge in [0.05, 0.1) is 5.92 Å². The van der Waals surface area contributed by atoms with Crippen LogP contribution in [0, 0.1) is 26.7 Å². The number of rotatable bonds is 5. The van der Waals surface area contributed by atoms with Gasteiger partial charge in [0.2, 0.25) is 5.91 Å². The molecule has 1 aliphatic rings. The number of carbonyl (C=O) groups is 2. The summed E-state index contributed by atoms with van der Waals surface area (Å²) in [6.45, 7) is 10.1. The lowest BCUT2D eigenvalue weighted by atomic mass is 9.96. The van der Waals surface area contributed by atoms with Crippen LogP contribution >= 0.6 is 0 Å². The van der Waals surface area contributed by atoms with E-state index in [-0.39, 0.29) is 17.7 Å². The molecule has 1 fully saturated rings. The molecule has 1 atom stereocenters. The van der Waals surface area contributed by atoms with Crippen molar-refractivity contribution in [3.8, 4) is 0 Å². The highest BCUT2D eigenvalue weighted by Crippen LogP contribution is 2.22. The van der Waals surface area contributed by atoms with Gasteiger partial charge in [0.15, 0.2) is 0 Å². The monoisotopic (exact) mass is 319 g/mol. The second-order valence-corrected chi connectivity index (χ2v) is 6.61. The van der Waals surface area contributed by atoms with E-state index in [4.69, 9.17) is 0 Å². The van der Waals surface area contributed by atoms with Gasteiger partial charge in [-0.3, -0.25) is 9.59 Å². The molecule has 2 amide bonds. The molecule has 5 heteroatoms. The van der Waals surface area contributed by atoms with Crippen molar-refractivity contribution in [1.82, 2.24) is 15.2 Å². The van der Waals surface area contributed by atoms with E-state index in [0.29, 0.717) is 12.2 Å². The fourth-order valence-corrected chi connectivity index (χ4v) is 3.12. The number of piperidine rings is 1. The van der Waals surface area contributed by atoms with E-state index in [1.165, 1.54) is 0 Å². The predicted octanol–water partition coefficient (Wildman–Crippen LogP) is 2.71. The highest BCUT2D eigenvalue weighted by atomic mass is 16.2. The van der Waals surface area contributed by atoms with E-state index >= 15 is 0 Å². The van der Waals surface area contributed by atoms with Crippen molar-refractivity contribution in [2.45, 2.75) is 53.4 Å². The minimum atomic E-state index is -0.0815. The molecular formula is C18H29N3O2. The zero-order valence-electron chi connectivity index (χ0n) is 14.8. The van der Waals surface area contributed by atoms with Gasteiger partial charge in [-0.1, -0.05) is 13.3 Å². The van der Waals surface area contributed by atoms with Gasteiger partial charge < -0.3 is 15.2 Å². The summed E-state index contributed by atoms with van der Waals surface area (Å²) in [5.41, 5.74) is 3.87. The van der Waals surface area contributed by atoms with Crippen LogP contribution in [0.1, 0.15) is 59.9 Å². The Kier molecular flexibility index (Phi) is 5.85. The Bertz CT molecular complexity index is 577. The van der Waals surface area contributed by atoms with E-state index < -0.39 is 0 Å². The maximum atomic E-state index is 12.8. The van der Waals surface area contributed by atoms with Crippen LogP contribution in [0.5, 0.6) is 0 Å². The molecule has 2 N–H and O–H groups in total. The molecule has 0 aromatic carbocycles. The number of nitrogens with zero attached hydrogens (tertiary/aromatic N) is 1. The van der Waals surface area contributed by atoms with E-state index in [1.807, 2.05) is 25.7 Å². The van der Waals surface area contributed by atoms with Crippen molar-refractivity contribution >= 4 is 11.8 Å². The third kappa shape index (κ3) is 3.95. The maximum Gasteiger partial charge on any atom is 0.270 e. The van der Waals surface area contributed by atoms with Gasteiger partial charge in [-0.05, 0) is 51.2 Å². The van der Waals surface area contributed by atoms with Gasteiger partial charge in [-0.2, -0.15) is 0 Å². The summed E-state index contributed by atoms with van der Waals surface area (Å²) < 4.78 is 0. The largest absolute Gasteiger partial charge is 0.356 e. The Morgan fingerprint density at radius 2 is 2.00 bits per heavy atom. The molecule has 1 unspecified atom stereocenters. The summed E-state index contributed by atoms with van der Waals surface area (Å²) in [5.74, 6) is 0.0262. The number of hydrogen-bond acceptors (Lipinski definition) is 2. The lowest BCUT2D eigenvalue weighted by molar-refractivity contribution is -0.126. The number of unbranched alkanes of at least 4 members (excludes halogenated alkanes) is 1. The maximum absolute atomic E-state index is 12.8. The Labute approximate surface area is 138 Å². The first-order valence-electron chi connectivity index (χ1n) is 8.68. The number of aryl methyl sites for hydroxylation is 1. The predicted molar refractivity (Wildman–Crippen MR) is 91.5 cm³/mol. The summed E-state index contributed by atoms with van der Waals surface area (Å²) in [6, 6.07) is 0. The average molecular weight is 319 g/mol. The molecule has 0 radical (unpaired) electrons. The van der Waals surface area contributed by atoms with Crippen LogP contribution in [0.2, 0.25) is 0 Å². The molecule has 2 heterocycles. The minimum Gasteiger partial charge on any atom is -0.356 e. The van der Waals surface area contributed by atoms with Crippen LogP contribution in [-0.2, 0) is 4.79 Å². The standard InChI is InChI=1S/C18H29N3O2/c1-5-6-9-19-17(22)15-8-7-10-21(11-15)18(23)16-13(3)12(2)14(4)20-16/h15,20H,5-11H2,1-4H3,(H,19,22). The molecule has 1 saturated heterocycles. The summed E-state index contributed by atoms with van der Waals surface area (Å²) in [4.78, 5) is 30.1. The quantitative estimate of drug-likeness (QED) is 0.820. The lowest BCUT2D eigenvalue weighted by Crippen LogP contribution is -2.45. The molecule has 0 saturated carbocycles. The zero-order chi connectivity index (χ0) is 17.0. The highest BCUT2D eigenvalue weighted by molar-refractivity contribution is 5.95. The number of amides is 2. The fourth-order valence-electron chi connectivity index (χ4n) is 3.12. The molecule has 0 aliphatic carbocycles. The number of likely N-dealkylation sites (tertiary alicyclic amines) is 1. The van der Waals surface area contributed by atoms with Crippen molar-refractivity contribution in [1.29, 1.82) is 0 Å². The van der Waals surface area contributed by atoms with Crippen LogP contribution in [0.15, 0.2) is 0 Å². The highest BCUT2D eigenvalue weighted by Gasteiger charge is 2.30. The third-order valence-corrected chi connectivity index (χ3v) is 4.94. The van der Waals surface area contributed by atoms with E-state index in [2.05, 4.69) is 17.2 Å². The van der Waals surface area contributed by atoms with Crippen LogP contribution in [0.3, 0.4) is 0 Å². The first kappa shape index (κ1) is 17.6. The fraction of sp³-hybridized carbons (Fsp3) is 0.667. The first-order chi connectivity index (χ1) is 11.0. The van der Waals surface area contributed by atoms with Gasteiger partial charge in [0, 0.05) is 25.3 Å². The Morgan fingerprint density at radius 1 is 1.26 bits per heavy atom. The van der Waals surface area contributed by atoms with Gasteiger partial charge in [-0.25, -0.2) is 0 Å². The number of aromatic amines is 1. The van der Waals surface area contributed by atoms with Crippen molar-refractivity contribution in [3.05, 3.63) is 22.5 Å². The van der Waals surface area contributed by atoms with Gasteiger partial charge in [0.1, 0.15) is 5.69 Å². The smallest absolute Gasteiger partial charge is 0.270 e. The Balaban J connectivity index is 2.01. The number of nitrogens with one attached hydrogen (secondary N) is 2. The molecule has 5 nitrogen and oxygen atoms in total. The molecule has 23 heavy (non-hydrogen) atoms. The summed E-state index contributed by atoms with van der Waals surface area (Å²) >= 11 is 0. The van der Waals surface area contributed by atoms with E-state index in [9.17, 15) is 9.59 Å². The average Bonchev–Trinajstić information content (AvgIpc) is 2.82. The molecule has 0 bridgehead atoms. The Morgan fingerprint density at radius 3 is 2.61 bits per heavy atom. The summed E-state index contributed by atoms with van der Waals surface area (Å²) in [7, 11) is 0. The van der Waals surface area contributed by atoms with Gasteiger partial charge in [0.25, 0.3) is 5.91 Å². The van der Waals surface area contributed by atoms with Crippen molar-refractivity contribution in [2.75, 3.05) is 19.6 Å². The first-order valence-corrected chi connectivity index (χ1v) is 8.68. The zero-order valence-corrected chi connectivity index (χ0v) is 14.8. The number of carbonyl (C=O) groups excluding carboxylic acids is 2. The normalized spacial score (nSPS) is 18.1. The lowest BCUT2D eigenvalue weighted by Gasteiger charge is -2.32. The van der Waals surface area contributed by atoms with Crippen LogP contribution in [-0.4, -0.2) is 41.3 Å². The summed E-state index contributed by atoms with van der Waals surface area (Å²) in [6.07, 6.45) is 3.82. The minimum absolute atomic E-state index is 0.0183. The number of H-pyrrole nitrogens is 1. The van der Waals surface area contributed by atoms with Crippen LogP contribution in [0.25, 0.3) is 0 Å². The van der Waals surface area contributed by atoms with Gasteiger partial charge >= 0.3 is 0 Å². The van der Waals surface area contributed by atoms with Crippen molar-refractivity contribution in [2.24, 2.45) is 5.92 Å². The topological polar surface area (TPSA) is 65.2 Å². The second-order valence-electron chi connectivity index (χ2n) is 6.61. The Hall–Kier alpha value is -1.78. The summed E-state index contributed by atoms with van der Waals surface area (Å²) in [5, 5.41) is 2.99. The molecule has 1 aromatic rings. The van der Waals surface area contributed by atoms with Crippen LogP contribution < -0.4 is 5.32 Å². The van der Waals surface area contributed by atoms with Crippen molar-refractivity contribution in [3.63, 3.8) is 0 Å². The second kappa shape index (κ2) is 7.66. The SMILES string of the molecule is CCCCNC(=O)C1CCCN(C(=O)c2[nH]c(C)c(C)c2C)C1. The molecule has 1 aromatic heterocycles. The third-order valence-electron chi connectivity index (χ3n) is 4.94. The molecule has 2 rings (SSSR count). The number of hydrogen-bond donors (Lipinski definition) is 2. The van der Waals surface area contributed by atoms with Crippen LogP contribution in [0.4, 0.5) is 0 Å². The van der Waals surface area contributed by atoms with Crippen molar-refractivity contribution < 1.29 is 9.59 Å². The van der Waals surface area contributed by atoms with E-state index in [0.717, 1.165) is 55.6 Å². The van der Waals surface area contributed by atoms with E-state index in [1.54, 1.807) is 0 Å². The van der Waals surface area contributed by atoms with Gasteiger partial charge in [-0.15, -0.1) is 0 Å². The number of aromatic nitrogens is 1. The molecule has 1 aliphatic heterocycles. The molecule has 128 valence electrons.